The Morgan fingerprint density at radius 1 is 1.05 bits per heavy atom. The number of aliphatic imine (C=N–C) groups is 1. The molecule has 0 spiro atoms. The van der Waals surface area contributed by atoms with Crippen molar-refractivity contribution < 1.29 is 0 Å². The highest BCUT2D eigenvalue weighted by atomic mass is 15.3. The minimum Gasteiger partial charge on any atom is -0.355 e. The van der Waals surface area contributed by atoms with E-state index in [1.165, 1.54) is 38.8 Å². The number of likely N-dealkylation sites (tertiary alicyclic amines) is 2. The summed E-state index contributed by atoms with van der Waals surface area (Å²) in [6.45, 7) is 12.9. The third-order valence-corrected chi connectivity index (χ3v) is 5.29. The highest BCUT2D eigenvalue weighted by Crippen LogP contribution is 2.18. The van der Waals surface area contributed by atoms with Crippen LogP contribution in [0.1, 0.15) is 46.5 Å². The van der Waals surface area contributed by atoms with Gasteiger partial charge in [0, 0.05) is 32.7 Å². The third-order valence-electron chi connectivity index (χ3n) is 5.29. The molecule has 1 unspecified atom stereocenters. The van der Waals surface area contributed by atoms with Gasteiger partial charge in [0.05, 0.1) is 0 Å². The van der Waals surface area contributed by atoms with E-state index in [0.29, 0.717) is 6.04 Å². The Hall–Kier alpha value is -0.770. The van der Waals surface area contributed by atoms with Crippen molar-refractivity contribution in [2.75, 3.05) is 39.8 Å². The second-order valence-corrected chi connectivity index (χ2v) is 7.17. The first-order valence-electron chi connectivity index (χ1n) is 8.79. The zero-order valence-corrected chi connectivity index (χ0v) is 14.4. The number of nitrogens with one attached hydrogen (secondary N) is 1. The predicted molar refractivity (Wildman–Crippen MR) is 90.8 cm³/mol. The van der Waals surface area contributed by atoms with E-state index in [0.717, 1.165) is 37.4 Å². The molecular weight excluding hydrogens is 260 g/mol. The molecule has 122 valence electrons. The van der Waals surface area contributed by atoms with Gasteiger partial charge in [-0.3, -0.25) is 9.89 Å². The molecule has 0 aromatic carbocycles. The Morgan fingerprint density at radius 2 is 1.57 bits per heavy atom. The molecule has 0 aliphatic carbocycles. The summed E-state index contributed by atoms with van der Waals surface area (Å²) in [5.74, 6) is 2.87. The van der Waals surface area contributed by atoms with Gasteiger partial charge in [-0.1, -0.05) is 13.8 Å². The Kier molecular flexibility index (Phi) is 6.34. The molecule has 0 aromatic rings. The van der Waals surface area contributed by atoms with Crippen LogP contribution in [0.15, 0.2) is 4.99 Å². The van der Waals surface area contributed by atoms with Gasteiger partial charge in [0.25, 0.3) is 0 Å². The molecule has 2 heterocycles. The van der Waals surface area contributed by atoms with Crippen LogP contribution in [0.5, 0.6) is 0 Å². The highest BCUT2D eigenvalue weighted by Gasteiger charge is 2.22. The molecule has 1 N–H and O–H groups in total. The zero-order valence-electron chi connectivity index (χ0n) is 14.4. The summed E-state index contributed by atoms with van der Waals surface area (Å²) in [5.41, 5.74) is 0. The maximum absolute atomic E-state index is 4.48. The summed E-state index contributed by atoms with van der Waals surface area (Å²) in [6, 6.07) is 0.595. The lowest BCUT2D eigenvalue weighted by molar-refractivity contribution is 0.146. The van der Waals surface area contributed by atoms with E-state index in [9.17, 15) is 0 Å². The van der Waals surface area contributed by atoms with Crippen LogP contribution in [0.4, 0.5) is 0 Å². The van der Waals surface area contributed by atoms with E-state index >= 15 is 0 Å². The van der Waals surface area contributed by atoms with Crippen molar-refractivity contribution in [3.63, 3.8) is 0 Å². The quantitative estimate of drug-likeness (QED) is 0.640. The summed E-state index contributed by atoms with van der Waals surface area (Å²) in [5, 5.41) is 3.60. The molecule has 1 atom stereocenters. The average Bonchev–Trinajstić information content (AvgIpc) is 2.50. The maximum atomic E-state index is 4.48. The summed E-state index contributed by atoms with van der Waals surface area (Å²) in [7, 11) is 1.91. The molecule has 0 bridgehead atoms. The van der Waals surface area contributed by atoms with Crippen molar-refractivity contribution in [1.82, 2.24) is 15.1 Å². The molecule has 0 amide bonds. The van der Waals surface area contributed by atoms with E-state index in [1.54, 1.807) is 0 Å². The lowest BCUT2D eigenvalue weighted by Gasteiger charge is -2.37. The van der Waals surface area contributed by atoms with Gasteiger partial charge in [0.2, 0.25) is 0 Å². The first kappa shape index (κ1) is 16.6. The van der Waals surface area contributed by atoms with Gasteiger partial charge in [-0.25, -0.2) is 0 Å². The fourth-order valence-corrected chi connectivity index (χ4v) is 3.39. The Balaban J connectivity index is 1.75. The molecule has 2 saturated heterocycles. The fraction of sp³-hybridized carbons (Fsp3) is 0.941. The first-order chi connectivity index (χ1) is 10.1. The van der Waals surface area contributed by atoms with E-state index in [4.69, 9.17) is 0 Å². The Labute approximate surface area is 131 Å². The third kappa shape index (κ3) is 4.87. The van der Waals surface area contributed by atoms with E-state index in [1.807, 2.05) is 7.05 Å². The lowest BCUT2D eigenvalue weighted by atomic mass is 9.98. The second kappa shape index (κ2) is 8.02. The minimum absolute atomic E-state index is 0.595. The summed E-state index contributed by atoms with van der Waals surface area (Å²) >= 11 is 0. The van der Waals surface area contributed by atoms with Crippen LogP contribution in [-0.4, -0.2) is 61.6 Å². The van der Waals surface area contributed by atoms with Crippen LogP contribution < -0.4 is 5.32 Å². The molecule has 4 heteroatoms. The normalized spacial score (nSPS) is 25.1. The molecule has 2 aliphatic heterocycles. The van der Waals surface area contributed by atoms with Crippen molar-refractivity contribution in [1.29, 1.82) is 0 Å². The van der Waals surface area contributed by atoms with E-state index in [2.05, 4.69) is 40.9 Å². The molecule has 4 nitrogen and oxygen atoms in total. The van der Waals surface area contributed by atoms with E-state index in [-0.39, 0.29) is 0 Å². The molecule has 0 aromatic heterocycles. The average molecular weight is 294 g/mol. The van der Waals surface area contributed by atoms with Gasteiger partial charge >= 0.3 is 0 Å². The number of hydrogen-bond acceptors (Lipinski definition) is 2. The van der Waals surface area contributed by atoms with Gasteiger partial charge in [0.1, 0.15) is 0 Å². The van der Waals surface area contributed by atoms with Gasteiger partial charge < -0.3 is 10.2 Å². The molecule has 0 radical (unpaired) electrons. The smallest absolute Gasteiger partial charge is 0.193 e. The number of piperidine rings is 2. The van der Waals surface area contributed by atoms with Gasteiger partial charge in [0.15, 0.2) is 5.96 Å². The van der Waals surface area contributed by atoms with Crippen molar-refractivity contribution in [2.24, 2.45) is 16.8 Å². The van der Waals surface area contributed by atoms with Crippen LogP contribution >= 0.6 is 0 Å². The second-order valence-electron chi connectivity index (χ2n) is 7.17. The van der Waals surface area contributed by atoms with Crippen LogP contribution in [0.3, 0.4) is 0 Å². The fourth-order valence-electron chi connectivity index (χ4n) is 3.39. The van der Waals surface area contributed by atoms with Gasteiger partial charge in [-0.2, -0.15) is 0 Å². The van der Waals surface area contributed by atoms with Crippen LogP contribution in [-0.2, 0) is 0 Å². The first-order valence-corrected chi connectivity index (χ1v) is 8.79. The molecular formula is C17H34N4. The Morgan fingerprint density at radius 3 is 2.10 bits per heavy atom. The van der Waals surface area contributed by atoms with Crippen molar-refractivity contribution in [3.8, 4) is 0 Å². The lowest BCUT2D eigenvalue weighted by Crippen LogP contribution is -2.50. The zero-order chi connectivity index (χ0) is 15.2. The molecule has 2 fully saturated rings. The number of nitrogens with zero attached hydrogens (tertiary/aromatic N) is 3. The molecule has 0 saturated carbocycles. The summed E-state index contributed by atoms with van der Waals surface area (Å²) < 4.78 is 0. The topological polar surface area (TPSA) is 30.9 Å². The Bertz CT molecular complexity index is 326. The summed E-state index contributed by atoms with van der Waals surface area (Å²) in [6.07, 6.45) is 5.28. The summed E-state index contributed by atoms with van der Waals surface area (Å²) in [4.78, 5) is 9.52. The van der Waals surface area contributed by atoms with Crippen LogP contribution in [0, 0.1) is 11.8 Å². The highest BCUT2D eigenvalue weighted by molar-refractivity contribution is 5.80. The van der Waals surface area contributed by atoms with Crippen molar-refractivity contribution in [2.45, 2.75) is 52.5 Å². The largest absolute Gasteiger partial charge is 0.355 e. The molecule has 2 aliphatic rings. The van der Waals surface area contributed by atoms with E-state index < -0.39 is 0 Å². The van der Waals surface area contributed by atoms with Gasteiger partial charge in [-0.05, 0) is 57.5 Å². The minimum atomic E-state index is 0.595. The van der Waals surface area contributed by atoms with Crippen LogP contribution in [0.25, 0.3) is 0 Å². The predicted octanol–water partition coefficient (Wildman–Crippen LogP) is 2.41. The van der Waals surface area contributed by atoms with Crippen molar-refractivity contribution >= 4 is 5.96 Å². The number of guanidine groups is 1. The monoisotopic (exact) mass is 294 g/mol. The molecule has 21 heavy (non-hydrogen) atoms. The number of rotatable bonds is 3. The van der Waals surface area contributed by atoms with Gasteiger partial charge in [-0.15, -0.1) is 0 Å². The van der Waals surface area contributed by atoms with Crippen molar-refractivity contribution in [3.05, 3.63) is 0 Å². The standard InChI is InChI=1S/C17H34N4/c1-14-5-9-20(10-6-14)16(3)13-19-17(18-4)21-11-7-15(2)8-12-21/h14-16H,5-13H2,1-4H3,(H,18,19). The maximum Gasteiger partial charge on any atom is 0.193 e. The SMILES string of the molecule is CN=C(NCC(C)N1CCC(C)CC1)N1CCC(C)CC1. The number of hydrogen-bond donors (Lipinski definition) is 1. The van der Waals surface area contributed by atoms with Crippen LogP contribution in [0.2, 0.25) is 0 Å². The molecule has 2 rings (SSSR count).